The van der Waals surface area contributed by atoms with Crippen LogP contribution in [-0.4, -0.2) is 16.2 Å². The Labute approximate surface area is 81.7 Å². The standard InChI is InChI=1S/C8H5BrN2O2/c9-4-1-2-6-5(3-4)7(8(12)13)11-10-6/h1-3H,(H,10,11)(H,12,13)/p-1. The van der Waals surface area contributed by atoms with Crippen LogP contribution >= 0.6 is 15.9 Å². The van der Waals surface area contributed by atoms with Crippen molar-refractivity contribution >= 4 is 32.8 Å². The molecule has 0 unspecified atom stereocenters. The number of carboxylic acid groups (broad SMARTS) is 1. The van der Waals surface area contributed by atoms with Gasteiger partial charge in [-0.25, -0.2) is 0 Å². The number of aromatic nitrogens is 2. The summed E-state index contributed by atoms with van der Waals surface area (Å²) in [5.74, 6) is -1.27. The fraction of sp³-hybridized carbons (Fsp3) is 0. The second-order valence-corrected chi connectivity index (χ2v) is 3.47. The van der Waals surface area contributed by atoms with Gasteiger partial charge in [0, 0.05) is 9.86 Å². The molecule has 5 heteroatoms. The van der Waals surface area contributed by atoms with Crippen molar-refractivity contribution in [2.24, 2.45) is 0 Å². The van der Waals surface area contributed by atoms with Crippen molar-refractivity contribution in [3.8, 4) is 0 Å². The lowest BCUT2D eigenvalue weighted by molar-refractivity contribution is -0.255. The maximum Gasteiger partial charge on any atom is 0.115 e. The van der Waals surface area contributed by atoms with Crippen molar-refractivity contribution in [1.82, 2.24) is 10.2 Å². The van der Waals surface area contributed by atoms with E-state index >= 15 is 0 Å². The molecule has 0 aliphatic carbocycles. The Kier molecular flexibility index (Phi) is 1.81. The molecule has 0 aliphatic heterocycles. The monoisotopic (exact) mass is 239 g/mol. The Morgan fingerprint density at radius 1 is 1.54 bits per heavy atom. The average molecular weight is 240 g/mol. The maximum absolute atomic E-state index is 10.6. The van der Waals surface area contributed by atoms with Gasteiger partial charge in [0.05, 0.1) is 11.5 Å². The number of aromatic carboxylic acids is 1. The Bertz CT molecular complexity index is 478. The van der Waals surface area contributed by atoms with E-state index in [9.17, 15) is 9.90 Å². The summed E-state index contributed by atoms with van der Waals surface area (Å²) >= 11 is 3.25. The van der Waals surface area contributed by atoms with E-state index in [1.807, 2.05) is 0 Å². The number of carboxylic acids is 1. The van der Waals surface area contributed by atoms with Crippen molar-refractivity contribution < 1.29 is 9.90 Å². The molecule has 0 amide bonds. The number of carbonyl (C=O) groups is 1. The first-order valence-electron chi connectivity index (χ1n) is 3.53. The molecule has 0 spiro atoms. The smallest absolute Gasteiger partial charge is 0.115 e. The number of hydrogen-bond donors (Lipinski definition) is 1. The number of H-pyrrole nitrogens is 1. The first-order valence-corrected chi connectivity index (χ1v) is 4.33. The van der Waals surface area contributed by atoms with E-state index in [1.165, 1.54) is 0 Å². The second-order valence-electron chi connectivity index (χ2n) is 2.55. The molecule has 66 valence electrons. The number of rotatable bonds is 1. The molecule has 2 rings (SSSR count). The lowest BCUT2D eigenvalue weighted by Crippen LogP contribution is -2.22. The van der Waals surface area contributed by atoms with Crippen LogP contribution in [0.15, 0.2) is 22.7 Å². The van der Waals surface area contributed by atoms with E-state index in [-0.39, 0.29) is 5.69 Å². The number of fused-ring (bicyclic) bond motifs is 1. The highest BCUT2D eigenvalue weighted by molar-refractivity contribution is 9.10. The van der Waals surface area contributed by atoms with Gasteiger partial charge in [-0.2, -0.15) is 5.10 Å². The van der Waals surface area contributed by atoms with Gasteiger partial charge in [0.2, 0.25) is 0 Å². The molecule has 0 atom stereocenters. The molecular formula is C8H4BrN2O2-. The summed E-state index contributed by atoms with van der Waals surface area (Å²) in [7, 11) is 0. The zero-order valence-corrected chi connectivity index (χ0v) is 7.96. The zero-order chi connectivity index (χ0) is 9.42. The summed E-state index contributed by atoms with van der Waals surface area (Å²) in [4.78, 5) is 10.6. The molecule has 0 aliphatic rings. The molecule has 0 radical (unpaired) electrons. The fourth-order valence-electron chi connectivity index (χ4n) is 1.14. The molecule has 2 aromatic rings. The van der Waals surface area contributed by atoms with Gasteiger partial charge in [0.15, 0.2) is 0 Å². The normalized spacial score (nSPS) is 10.5. The molecule has 0 fully saturated rings. The van der Waals surface area contributed by atoms with Crippen molar-refractivity contribution in [3.63, 3.8) is 0 Å². The Morgan fingerprint density at radius 3 is 3.00 bits per heavy atom. The van der Waals surface area contributed by atoms with Crippen molar-refractivity contribution in [2.45, 2.75) is 0 Å². The molecule has 1 aromatic carbocycles. The van der Waals surface area contributed by atoms with Crippen LogP contribution in [0.4, 0.5) is 0 Å². The van der Waals surface area contributed by atoms with Crippen LogP contribution in [0.5, 0.6) is 0 Å². The lowest BCUT2D eigenvalue weighted by atomic mass is 10.2. The summed E-state index contributed by atoms with van der Waals surface area (Å²) in [6.45, 7) is 0. The van der Waals surface area contributed by atoms with E-state index in [0.717, 1.165) is 4.47 Å². The SMILES string of the molecule is O=C([O-])c1n[nH]c2ccc(Br)cc12. The molecule has 1 N–H and O–H groups in total. The van der Waals surface area contributed by atoms with Gasteiger partial charge in [-0.3, -0.25) is 5.10 Å². The molecule has 0 saturated heterocycles. The third-order valence-corrected chi connectivity index (χ3v) is 2.21. The Balaban J connectivity index is 2.79. The molecule has 1 aromatic heterocycles. The highest BCUT2D eigenvalue weighted by Crippen LogP contribution is 2.20. The molecular weight excluding hydrogens is 236 g/mol. The third kappa shape index (κ3) is 1.31. The van der Waals surface area contributed by atoms with Crippen LogP contribution < -0.4 is 5.11 Å². The summed E-state index contributed by atoms with van der Waals surface area (Å²) in [6, 6.07) is 5.24. The number of hydrogen-bond acceptors (Lipinski definition) is 3. The number of halogens is 1. The number of benzene rings is 1. The predicted octanol–water partition coefficient (Wildman–Crippen LogP) is 0.689. The van der Waals surface area contributed by atoms with Gasteiger partial charge in [0.25, 0.3) is 0 Å². The Hall–Kier alpha value is -1.36. The quantitative estimate of drug-likeness (QED) is 0.797. The summed E-state index contributed by atoms with van der Waals surface area (Å²) in [6.07, 6.45) is 0. The first kappa shape index (κ1) is 8.25. The zero-order valence-electron chi connectivity index (χ0n) is 6.37. The second kappa shape index (κ2) is 2.85. The third-order valence-electron chi connectivity index (χ3n) is 1.72. The minimum atomic E-state index is -1.27. The van der Waals surface area contributed by atoms with E-state index in [1.54, 1.807) is 18.2 Å². The maximum atomic E-state index is 10.6. The number of carbonyl (C=O) groups excluding carboxylic acids is 1. The van der Waals surface area contributed by atoms with Crippen molar-refractivity contribution in [1.29, 1.82) is 0 Å². The van der Waals surface area contributed by atoms with Crippen LogP contribution in [-0.2, 0) is 0 Å². The van der Waals surface area contributed by atoms with Crippen molar-refractivity contribution in [2.75, 3.05) is 0 Å². The van der Waals surface area contributed by atoms with Gasteiger partial charge in [0.1, 0.15) is 5.69 Å². The molecule has 13 heavy (non-hydrogen) atoms. The van der Waals surface area contributed by atoms with Gasteiger partial charge in [-0.05, 0) is 18.2 Å². The highest BCUT2D eigenvalue weighted by atomic mass is 79.9. The largest absolute Gasteiger partial charge is 0.543 e. The number of nitrogens with one attached hydrogen (secondary N) is 1. The van der Waals surface area contributed by atoms with E-state index in [0.29, 0.717) is 10.9 Å². The van der Waals surface area contributed by atoms with Gasteiger partial charge in [-0.15, -0.1) is 0 Å². The van der Waals surface area contributed by atoms with Crippen molar-refractivity contribution in [3.05, 3.63) is 28.4 Å². The number of aromatic amines is 1. The molecule has 0 bridgehead atoms. The molecule has 4 nitrogen and oxygen atoms in total. The minimum absolute atomic E-state index is 0.0590. The number of nitrogens with zero attached hydrogens (tertiary/aromatic N) is 1. The van der Waals surface area contributed by atoms with Gasteiger partial charge in [-0.1, -0.05) is 15.9 Å². The summed E-state index contributed by atoms with van der Waals surface area (Å²) in [5, 5.41) is 17.4. The topological polar surface area (TPSA) is 68.8 Å². The first-order chi connectivity index (χ1) is 6.18. The minimum Gasteiger partial charge on any atom is -0.543 e. The van der Waals surface area contributed by atoms with Crippen LogP contribution in [0.2, 0.25) is 0 Å². The Morgan fingerprint density at radius 2 is 2.31 bits per heavy atom. The molecule has 1 heterocycles. The van der Waals surface area contributed by atoms with Crippen LogP contribution in [0, 0.1) is 0 Å². The lowest BCUT2D eigenvalue weighted by Gasteiger charge is -1.96. The van der Waals surface area contributed by atoms with E-state index < -0.39 is 5.97 Å². The summed E-state index contributed by atoms with van der Waals surface area (Å²) < 4.78 is 0.809. The van der Waals surface area contributed by atoms with E-state index in [4.69, 9.17) is 0 Å². The highest BCUT2D eigenvalue weighted by Gasteiger charge is 2.05. The van der Waals surface area contributed by atoms with Crippen LogP contribution in [0.3, 0.4) is 0 Å². The van der Waals surface area contributed by atoms with Crippen LogP contribution in [0.1, 0.15) is 10.5 Å². The summed E-state index contributed by atoms with van der Waals surface area (Å²) in [5.41, 5.74) is 0.624. The van der Waals surface area contributed by atoms with Gasteiger partial charge < -0.3 is 9.90 Å². The van der Waals surface area contributed by atoms with Gasteiger partial charge >= 0.3 is 0 Å². The predicted molar refractivity (Wildman–Crippen MR) is 48.1 cm³/mol. The average Bonchev–Trinajstić information content (AvgIpc) is 2.46. The van der Waals surface area contributed by atoms with Crippen LogP contribution in [0.25, 0.3) is 10.9 Å². The fourth-order valence-corrected chi connectivity index (χ4v) is 1.50. The van der Waals surface area contributed by atoms with E-state index in [2.05, 4.69) is 26.1 Å². The molecule has 0 saturated carbocycles.